The first kappa shape index (κ1) is 11.2. The second-order valence-electron chi connectivity index (χ2n) is 6.86. The van der Waals surface area contributed by atoms with Gasteiger partial charge in [-0.25, -0.2) is 0 Å². The summed E-state index contributed by atoms with van der Waals surface area (Å²) in [4.78, 5) is 6.31. The van der Waals surface area contributed by atoms with E-state index in [9.17, 15) is 0 Å². The Labute approximate surface area is 119 Å². The Morgan fingerprint density at radius 2 is 2.05 bits per heavy atom. The van der Waals surface area contributed by atoms with Crippen molar-refractivity contribution in [1.29, 1.82) is 0 Å². The van der Waals surface area contributed by atoms with Crippen molar-refractivity contribution in [2.45, 2.75) is 37.0 Å². The molecule has 2 fully saturated rings. The number of aromatic nitrogens is 1. The van der Waals surface area contributed by atoms with Crippen molar-refractivity contribution in [3.8, 4) is 0 Å². The molecule has 1 aromatic heterocycles. The molecule has 0 amide bonds. The van der Waals surface area contributed by atoms with E-state index in [1.807, 2.05) is 0 Å². The summed E-state index contributed by atoms with van der Waals surface area (Å²) in [6.07, 6.45) is 5.15. The van der Waals surface area contributed by atoms with E-state index in [0.29, 0.717) is 0 Å². The van der Waals surface area contributed by atoms with Crippen LogP contribution < -0.4 is 10.6 Å². The lowest BCUT2D eigenvalue weighted by atomic mass is 9.83. The SMILES string of the molecule is NCC1(c2cccc3c4c([nH]c23)N2CCC4CC2)CC1. The number of nitrogens with two attached hydrogens (primary N) is 1. The standard InChI is InChI=1S/C17H21N3/c18-10-17(6-7-17)13-3-1-2-12-14-11-4-8-20(9-5-11)16(14)19-15(12)13/h1-3,11,19H,4-10,18H2. The molecule has 2 bridgehead atoms. The molecule has 3 aliphatic heterocycles. The molecule has 2 aromatic rings. The van der Waals surface area contributed by atoms with Crippen LogP contribution in [0, 0.1) is 0 Å². The maximum Gasteiger partial charge on any atom is 0.110 e. The second-order valence-corrected chi connectivity index (χ2v) is 6.86. The molecule has 0 unspecified atom stereocenters. The van der Waals surface area contributed by atoms with E-state index in [0.717, 1.165) is 12.5 Å². The molecule has 3 nitrogen and oxygen atoms in total. The number of piperidine rings is 1. The number of nitrogens with one attached hydrogen (secondary N) is 1. The van der Waals surface area contributed by atoms with Gasteiger partial charge in [-0.05, 0) is 37.2 Å². The summed E-state index contributed by atoms with van der Waals surface area (Å²) >= 11 is 0. The Bertz CT molecular complexity index is 688. The Morgan fingerprint density at radius 1 is 1.25 bits per heavy atom. The van der Waals surface area contributed by atoms with E-state index in [1.165, 1.54) is 61.1 Å². The molecule has 1 saturated carbocycles. The van der Waals surface area contributed by atoms with Gasteiger partial charge >= 0.3 is 0 Å². The van der Waals surface area contributed by atoms with Crippen LogP contribution in [0.25, 0.3) is 10.9 Å². The highest BCUT2D eigenvalue weighted by Gasteiger charge is 2.45. The topological polar surface area (TPSA) is 45.1 Å². The van der Waals surface area contributed by atoms with Crippen LogP contribution in [0.2, 0.25) is 0 Å². The highest BCUT2D eigenvalue weighted by atomic mass is 15.2. The van der Waals surface area contributed by atoms with Gasteiger partial charge in [-0.1, -0.05) is 18.2 Å². The maximum atomic E-state index is 6.06. The quantitative estimate of drug-likeness (QED) is 0.879. The van der Waals surface area contributed by atoms with Crippen LogP contribution in [0.1, 0.15) is 42.7 Å². The van der Waals surface area contributed by atoms with Crippen molar-refractivity contribution in [1.82, 2.24) is 4.98 Å². The van der Waals surface area contributed by atoms with Gasteiger partial charge in [0.25, 0.3) is 0 Å². The Kier molecular flexibility index (Phi) is 2.01. The monoisotopic (exact) mass is 267 g/mol. The van der Waals surface area contributed by atoms with Crippen molar-refractivity contribution in [2.24, 2.45) is 5.73 Å². The minimum atomic E-state index is 0.265. The van der Waals surface area contributed by atoms with Crippen LogP contribution in [0.4, 0.5) is 5.82 Å². The fraction of sp³-hybridized carbons (Fsp3) is 0.529. The van der Waals surface area contributed by atoms with E-state index in [-0.39, 0.29) is 5.41 Å². The number of fused-ring (bicyclic) bond motifs is 3. The Morgan fingerprint density at radius 3 is 2.75 bits per heavy atom. The maximum absolute atomic E-state index is 6.06. The number of rotatable bonds is 2. The lowest BCUT2D eigenvalue weighted by Crippen LogP contribution is -2.38. The summed E-state index contributed by atoms with van der Waals surface area (Å²) in [6.45, 7) is 3.23. The predicted octanol–water partition coefficient (Wildman–Crippen LogP) is 2.86. The van der Waals surface area contributed by atoms with Crippen LogP contribution in [-0.4, -0.2) is 24.6 Å². The third-order valence-corrected chi connectivity index (χ3v) is 5.89. The molecule has 1 saturated heterocycles. The fourth-order valence-electron chi connectivity index (χ4n) is 4.46. The van der Waals surface area contributed by atoms with Crippen LogP contribution in [0.3, 0.4) is 0 Å². The van der Waals surface area contributed by atoms with Crippen LogP contribution in [0.15, 0.2) is 18.2 Å². The van der Waals surface area contributed by atoms with Gasteiger partial charge in [0.15, 0.2) is 0 Å². The first-order chi connectivity index (χ1) is 9.82. The first-order valence-electron chi connectivity index (χ1n) is 7.92. The Hall–Kier alpha value is -1.48. The molecule has 4 heterocycles. The normalized spacial score (nSPS) is 23.4. The van der Waals surface area contributed by atoms with Gasteiger partial charge in [0.2, 0.25) is 0 Å². The van der Waals surface area contributed by atoms with E-state index in [4.69, 9.17) is 5.73 Å². The number of hydrogen-bond donors (Lipinski definition) is 2. The third kappa shape index (κ3) is 1.25. The summed E-state index contributed by atoms with van der Waals surface area (Å²) in [5.74, 6) is 2.18. The fourth-order valence-corrected chi connectivity index (χ4v) is 4.46. The van der Waals surface area contributed by atoms with Crippen molar-refractivity contribution < 1.29 is 0 Å². The molecular weight excluding hydrogens is 246 g/mol. The zero-order chi connectivity index (χ0) is 13.3. The highest BCUT2D eigenvalue weighted by Crippen LogP contribution is 2.52. The molecule has 3 N–H and O–H groups in total. The molecular formula is C17H21N3. The van der Waals surface area contributed by atoms with Crippen molar-refractivity contribution in [3.63, 3.8) is 0 Å². The van der Waals surface area contributed by atoms with E-state index in [2.05, 4.69) is 28.1 Å². The van der Waals surface area contributed by atoms with Crippen LogP contribution in [0.5, 0.6) is 0 Å². The molecule has 0 atom stereocenters. The number of hydrogen-bond acceptors (Lipinski definition) is 2. The number of anilines is 1. The minimum Gasteiger partial charge on any atom is -0.358 e. The largest absolute Gasteiger partial charge is 0.358 e. The number of nitrogens with zero attached hydrogens (tertiary/aromatic N) is 1. The average Bonchev–Trinajstić information content (AvgIpc) is 3.20. The lowest BCUT2D eigenvalue weighted by Gasteiger charge is -2.40. The zero-order valence-corrected chi connectivity index (χ0v) is 11.8. The van der Waals surface area contributed by atoms with Gasteiger partial charge in [-0.3, -0.25) is 0 Å². The van der Waals surface area contributed by atoms with Gasteiger partial charge in [0.1, 0.15) is 5.82 Å². The second kappa shape index (κ2) is 3.59. The smallest absolute Gasteiger partial charge is 0.110 e. The van der Waals surface area contributed by atoms with Gasteiger partial charge < -0.3 is 15.6 Å². The lowest BCUT2D eigenvalue weighted by molar-refractivity contribution is 0.475. The zero-order valence-electron chi connectivity index (χ0n) is 11.8. The summed E-state index contributed by atoms with van der Waals surface area (Å²) in [5, 5.41) is 1.46. The molecule has 4 aliphatic rings. The molecule has 20 heavy (non-hydrogen) atoms. The average molecular weight is 267 g/mol. The van der Waals surface area contributed by atoms with Crippen LogP contribution in [-0.2, 0) is 5.41 Å². The molecule has 1 aromatic carbocycles. The van der Waals surface area contributed by atoms with Crippen molar-refractivity contribution >= 4 is 16.7 Å². The number of aromatic amines is 1. The first-order valence-corrected chi connectivity index (χ1v) is 7.92. The molecule has 1 aliphatic carbocycles. The number of para-hydroxylation sites is 1. The molecule has 0 radical (unpaired) electrons. The van der Waals surface area contributed by atoms with E-state index >= 15 is 0 Å². The molecule has 104 valence electrons. The number of H-pyrrole nitrogens is 1. The molecule has 0 spiro atoms. The molecule has 6 rings (SSSR count). The van der Waals surface area contributed by atoms with Crippen LogP contribution >= 0.6 is 0 Å². The summed E-state index contributed by atoms with van der Waals surface area (Å²) in [6, 6.07) is 6.84. The Balaban J connectivity index is 1.80. The van der Waals surface area contributed by atoms with Gasteiger partial charge in [-0.15, -0.1) is 0 Å². The van der Waals surface area contributed by atoms with Crippen molar-refractivity contribution in [3.05, 3.63) is 29.3 Å². The number of benzene rings is 1. The predicted molar refractivity (Wildman–Crippen MR) is 82.5 cm³/mol. The van der Waals surface area contributed by atoms with Gasteiger partial charge in [-0.2, -0.15) is 0 Å². The summed E-state index contributed by atoms with van der Waals surface area (Å²) in [5.41, 5.74) is 10.8. The van der Waals surface area contributed by atoms with Crippen molar-refractivity contribution in [2.75, 3.05) is 24.5 Å². The van der Waals surface area contributed by atoms with Gasteiger partial charge in [0.05, 0.1) is 5.52 Å². The third-order valence-electron chi connectivity index (χ3n) is 5.89. The minimum absolute atomic E-state index is 0.265. The molecule has 3 heteroatoms. The summed E-state index contributed by atoms with van der Waals surface area (Å²) in [7, 11) is 0. The highest BCUT2D eigenvalue weighted by molar-refractivity contribution is 5.93. The van der Waals surface area contributed by atoms with E-state index < -0.39 is 0 Å². The van der Waals surface area contributed by atoms with Gasteiger partial charge in [0, 0.05) is 36.0 Å². The van der Waals surface area contributed by atoms with E-state index in [1.54, 1.807) is 5.56 Å². The summed E-state index contributed by atoms with van der Waals surface area (Å²) < 4.78 is 0.